The molecule has 0 amide bonds. The van der Waals surface area contributed by atoms with E-state index in [0.717, 1.165) is 10.2 Å². The van der Waals surface area contributed by atoms with E-state index >= 15 is 0 Å². The molecule has 0 aliphatic rings. The lowest BCUT2D eigenvalue weighted by atomic mass is 10.2. The third-order valence-corrected chi connectivity index (χ3v) is 2.79. The topological polar surface area (TPSA) is 22.1 Å². The van der Waals surface area contributed by atoms with Crippen LogP contribution < -0.4 is 0 Å². The van der Waals surface area contributed by atoms with Crippen molar-refractivity contribution < 1.29 is 9.13 Å². The van der Waals surface area contributed by atoms with Gasteiger partial charge in [-0.3, -0.25) is 0 Å². The van der Waals surface area contributed by atoms with Crippen LogP contribution in [-0.2, 0) is 4.74 Å². The zero-order valence-corrected chi connectivity index (χ0v) is 10.2. The van der Waals surface area contributed by atoms with Gasteiger partial charge in [-0.25, -0.2) is 9.37 Å². The summed E-state index contributed by atoms with van der Waals surface area (Å²) in [5.41, 5.74) is 1.33. The van der Waals surface area contributed by atoms with Gasteiger partial charge in [0.2, 0.25) is 0 Å². The Kier molecular flexibility index (Phi) is 3.19. The first-order valence-electron chi connectivity index (χ1n) is 4.66. The van der Waals surface area contributed by atoms with Crippen molar-refractivity contribution in [3.05, 3.63) is 46.5 Å². The Hall–Kier alpha value is -1.42. The number of pyridine rings is 1. The van der Waals surface area contributed by atoms with Crippen LogP contribution in [0.3, 0.4) is 0 Å². The molecule has 0 aliphatic carbocycles. The number of aromatic nitrogens is 1. The molecule has 0 saturated heterocycles. The van der Waals surface area contributed by atoms with Gasteiger partial charge in [0.1, 0.15) is 5.82 Å². The first-order chi connectivity index (χ1) is 7.72. The van der Waals surface area contributed by atoms with E-state index < -0.39 is 0 Å². The van der Waals surface area contributed by atoms with E-state index in [4.69, 9.17) is 4.74 Å². The van der Waals surface area contributed by atoms with Gasteiger partial charge in [0, 0.05) is 9.86 Å². The number of nitrogens with zero attached hydrogens (tertiary/aromatic N) is 1. The molecule has 0 unspecified atom stereocenters. The highest BCUT2D eigenvalue weighted by Crippen LogP contribution is 2.24. The van der Waals surface area contributed by atoms with Crippen LogP contribution in [-0.4, -0.2) is 12.1 Å². The van der Waals surface area contributed by atoms with Gasteiger partial charge in [-0.1, -0.05) is 0 Å². The smallest absolute Gasteiger partial charge is 0.132 e. The van der Waals surface area contributed by atoms with E-state index in [1.807, 2.05) is 0 Å². The van der Waals surface area contributed by atoms with Gasteiger partial charge in [0.15, 0.2) is 0 Å². The number of rotatable bonds is 2. The summed E-state index contributed by atoms with van der Waals surface area (Å²) in [5, 5.41) is 0.504. The Bertz CT molecular complexity index is 554. The van der Waals surface area contributed by atoms with Crippen molar-refractivity contribution in [2.45, 2.75) is 0 Å². The number of hydrogen-bond donors (Lipinski definition) is 0. The molecule has 16 heavy (non-hydrogen) atoms. The Morgan fingerprint density at radius 2 is 2.12 bits per heavy atom. The summed E-state index contributed by atoms with van der Waals surface area (Å²) >= 11 is 3.35. The van der Waals surface area contributed by atoms with Crippen LogP contribution >= 0.6 is 15.9 Å². The van der Waals surface area contributed by atoms with Crippen LogP contribution in [0, 0.1) is 5.82 Å². The number of benzene rings is 1. The van der Waals surface area contributed by atoms with E-state index in [1.165, 1.54) is 12.3 Å². The van der Waals surface area contributed by atoms with Crippen LogP contribution in [0.15, 0.2) is 35.0 Å². The van der Waals surface area contributed by atoms with E-state index in [9.17, 15) is 4.39 Å². The molecular formula is C12H9BrFNO. The Labute approximate surface area is 101 Å². The first kappa shape index (κ1) is 11.1. The highest BCUT2D eigenvalue weighted by atomic mass is 79.9. The summed E-state index contributed by atoms with van der Waals surface area (Å²) in [5.74, 6) is -0.270. The van der Waals surface area contributed by atoms with Crippen molar-refractivity contribution in [3.63, 3.8) is 0 Å². The summed E-state index contributed by atoms with van der Waals surface area (Å²) < 4.78 is 19.0. The van der Waals surface area contributed by atoms with Gasteiger partial charge >= 0.3 is 0 Å². The second-order valence-corrected chi connectivity index (χ2v) is 4.05. The van der Waals surface area contributed by atoms with Crippen LogP contribution in [0.25, 0.3) is 17.0 Å². The third-order valence-electron chi connectivity index (χ3n) is 2.15. The highest BCUT2D eigenvalue weighted by molar-refractivity contribution is 9.10. The Morgan fingerprint density at radius 1 is 1.31 bits per heavy atom. The highest BCUT2D eigenvalue weighted by Gasteiger charge is 2.05. The summed E-state index contributed by atoms with van der Waals surface area (Å²) in [4.78, 5) is 4.32. The number of ether oxygens (including phenoxy) is 1. The molecule has 2 rings (SSSR count). The molecule has 0 fully saturated rings. The van der Waals surface area contributed by atoms with E-state index in [-0.39, 0.29) is 5.82 Å². The van der Waals surface area contributed by atoms with Gasteiger partial charge in [-0.2, -0.15) is 0 Å². The van der Waals surface area contributed by atoms with Crippen molar-refractivity contribution in [2.75, 3.05) is 7.11 Å². The third kappa shape index (κ3) is 2.07. The predicted molar refractivity (Wildman–Crippen MR) is 65.4 cm³/mol. The molecular weight excluding hydrogens is 273 g/mol. The minimum absolute atomic E-state index is 0.270. The van der Waals surface area contributed by atoms with Gasteiger partial charge in [0.05, 0.1) is 24.6 Å². The largest absolute Gasteiger partial charge is 0.504 e. The van der Waals surface area contributed by atoms with E-state index in [2.05, 4.69) is 20.9 Å². The molecule has 0 aliphatic heterocycles. The number of hydrogen-bond acceptors (Lipinski definition) is 2. The summed E-state index contributed by atoms with van der Waals surface area (Å²) in [6.07, 6.45) is 3.25. The van der Waals surface area contributed by atoms with Crippen LogP contribution in [0.1, 0.15) is 5.69 Å². The minimum atomic E-state index is -0.270. The van der Waals surface area contributed by atoms with Crippen LogP contribution in [0.2, 0.25) is 0 Å². The van der Waals surface area contributed by atoms with Crippen LogP contribution in [0.5, 0.6) is 0 Å². The van der Waals surface area contributed by atoms with Gasteiger partial charge in [-0.05, 0) is 46.3 Å². The molecule has 1 heterocycles. The normalized spacial score (nSPS) is 11.2. The quantitative estimate of drug-likeness (QED) is 0.782. The fourth-order valence-electron chi connectivity index (χ4n) is 1.39. The lowest BCUT2D eigenvalue weighted by Gasteiger charge is -2.02. The lowest BCUT2D eigenvalue weighted by molar-refractivity contribution is 0.341. The minimum Gasteiger partial charge on any atom is -0.504 e. The first-order valence-corrected chi connectivity index (χ1v) is 5.46. The molecule has 2 aromatic rings. The summed E-state index contributed by atoms with van der Waals surface area (Å²) in [6.45, 7) is 0. The maximum absolute atomic E-state index is 13.4. The zero-order valence-electron chi connectivity index (χ0n) is 8.58. The van der Waals surface area contributed by atoms with Crippen molar-refractivity contribution in [1.82, 2.24) is 4.98 Å². The molecule has 2 nitrogen and oxygen atoms in total. The average molecular weight is 282 g/mol. The second-order valence-electron chi connectivity index (χ2n) is 3.20. The zero-order chi connectivity index (χ0) is 11.5. The molecule has 0 N–H and O–H groups in total. The second kappa shape index (κ2) is 4.61. The van der Waals surface area contributed by atoms with Crippen LogP contribution in [0.4, 0.5) is 4.39 Å². The molecule has 0 spiro atoms. The number of methoxy groups -OCH3 is 1. The van der Waals surface area contributed by atoms with Crippen molar-refractivity contribution in [3.8, 4) is 0 Å². The average Bonchev–Trinajstić information content (AvgIpc) is 2.31. The number of halogens is 2. The molecule has 4 heteroatoms. The SMILES string of the molecule is COC=Cc1ccc2c(F)ccc(Br)c2n1. The molecule has 0 saturated carbocycles. The van der Waals surface area contributed by atoms with Gasteiger partial charge < -0.3 is 4.74 Å². The number of fused-ring (bicyclic) bond motifs is 1. The molecule has 0 bridgehead atoms. The van der Waals surface area contributed by atoms with Gasteiger partial charge in [-0.15, -0.1) is 0 Å². The van der Waals surface area contributed by atoms with Crippen molar-refractivity contribution in [1.29, 1.82) is 0 Å². The Balaban J connectivity index is 2.61. The molecule has 0 atom stereocenters. The van der Waals surface area contributed by atoms with Gasteiger partial charge in [0.25, 0.3) is 0 Å². The fourth-order valence-corrected chi connectivity index (χ4v) is 1.83. The molecule has 1 aromatic heterocycles. The van der Waals surface area contributed by atoms with Crippen molar-refractivity contribution in [2.24, 2.45) is 0 Å². The van der Waals surface area contributed by atoms with E-state index in [1.54, 1.807) is 31.4 Å². The molecule has 0 radical (unpaired) electrons. The molecule has 1 aromatic carbocycles. The predicted octanol–water partition coefficient (Wildman–Crippen LogP) is 3.75. The fraction of sp³-hybridized carbons (Fsp3) is 0.0833. The maximum Gasteiger partial charge on any atom is 0.132 e. The standard InChI is InChI=1S/C12H9BrFNO/c1-16-7-6-8-2-3-9-11(14)5-4-10(13)12(9)15-8/h2-7H,1H3. The van der Waals surface area contributed by atoms with Crippen molar-refractivity contribution >= 4 is 32.9 Å². The lowest BCUT2D eigenvalue weighted by Crippen LogP contribution is -1.87. The molecule has 82 valence electrons. The maximum atomic E-state index is 13.4. The monoisotopic (exact) mass is 281 g/mol. The Morgan fingerprint density at radius 3 is 2.88 bits per heavy atom. The summed E-state index contributed by atoms with van der Waals surface area (Å²) in [7, 11) is 1.56. The van der Waals surface area contributed by atoms with E-state index in [0.29, 0.717) is 10.9 Å². The summed E-state index contributed by atoms with van der Waals surface area (Å²) in [6, 6.07) is 6.51.